The molecule has 0 radical (unpaired) electrons. The molecule has 3 atom stereocenters. The van der Waals surface area contributed by atoms with Crippen molar-refractivity contribution in [3.8, 4) is 0 Å². The Morgan fingerprint density at radius 2 is 1.88 bits per heavy atom. The van der Waals surface area contributed by atoms with Crippen LogP contribution in [0.4, 0.5) is 19.4 Å². The monoisotopic (exact) mass is 609 g/mol. The van der Waals surface area contributed by atoms with Crippen LogP contribution in [0.3, 0.4) is 0 Å². The maximum Gasteiger partial charge on any atom is 0.412 e. The summed E-state index contributed by atoms with van der Waals surface area (Å²) in [6.45, 7) is -0.552. The number of ether oxygens (including phenoxy) is 2. The van der Waals surface area contributed by atoms with E-state index in [0.717, 1.165) is 5.01 Å². The van der Waals surface area contributed by atoms with Gasteiger partial charge in [-0.25, -0.2) is 24.0 Å². The number of aliphatic hydroxyl groups is 2. The molecule has 0 fully saturated rings. The second-order valence-corrected chi connectivity index (χ2v) is 9.56. The highest BCUT2D eigenvalue weighted by Gasteiger charge is 2.27. The zero-order valence-electron chi connectivity index (χ0n) is 22.4. The van der Waals surface area contributed by atoms with Gasteiger partial charge in [0.05, 0.1) is 23.8 Å². The topological polar surface area (TPSA) is 176 Å². The van der Waals surface area contributed by atoms with Gasteiger partial charge < -0.3 is 25.4 Å². The molecule has 0 aliphatic carbocycles. The van der Waals surface area contributed by atoms with Crippen molar-refractivity contribution in [1.82, 2.24) is 15.4 Å². The van der Waals surface area contributed by atoms with Crippen molar-refractivity contribution in [3.63, 3.8) is 0 Å². The van der Waals surface area contributed by atoms with E-state index in [0.29, 0.717) is 16.3 Å². The number of anilines is 1. The third-order valence-corrected chi connectivity index (χ3v) is 6.38. The van der Waals surface area contributed by atoms with E-state index in [2.05, 4.69) is 15.7 Å². The zero-order valence-corrected chi connectivity index (χ0v) is 23.2. The molecule has 2 aromatic carbocycles. The van der Waals surface area contributed by atoms with Crippen LogP contribution < -0.4 is 16.5 Å². The van der Waals surface area contributed by atoms with Crippen LogP contribution in [-0.2, 0) is 25.6 Å². The fourth-order valence-corrected chi connectivity index (χ4v) is 4.03. The van der Waals surface area contributed by atoms with Crippen molar-refractivity contribution in [3.05, 3.63) is 70.9 Å². The minimum atomic E-state index is -1.35. The lowest BCUT2D eigenvalue weighted by atomic mass is 10.1. The number of hydrogen-bond acceptors (Lipinski definition) is 10. The van der Waals surface area contributed by atoms with Gasteiger partial charge in [-0.2, -0.15) is 0 Å². The van der Waals surface area contributed by atoms with Crippen LogP contribution in [-0.4, -0.2) is 76.2 Å². The normalized spacial score (nSPS) is 13.2. The maximum absolute atomic E-state index is 13.9. The first kappa shape index (κ1) is 32.6. The molecule has 0 saturated heterocycles. The van der Waals surface area contributed by atoms with E-state index in [9.17, 15) is 28.3 Å². The number of aromatic nitrogens is 1. The molecule has 226 valence electrons. The number of amides is 2. The smallest absolute Gasteiger partial charge is 0.412 e. The van der Waals surface area contributed by atoms with Gasteiger partial charge in [-0.3, -0.25) is 19.9 Å². The molecule has 6 N–H and O–H groups in total. The van der Waals surface area contributed by atoms with Gasteiger partial charge in [0.25, 0.3) is 0 Å². The minimum Gasteiger partial charge on any atom is -0.462 e. The predicted molar refractivity (Wildman–Crippen MR) is 148 cm³/mol. The number of benzene rings is 2. The Bertz CT molecular complexity index is 1420. The lowest BCUT2D eigenvalue weighted by Crippen LogP contribution is -2.52. The lowest BCUT2D eigenvalue weighted by molar-refractivity contribution is -0.150. The number of nitrogens with two attached hydrogens (primary N) is 1. The van der Waals surface area contributed by atoms with Gasteiger partial charge >= 0.3 is 12.1 Å². The number of nitrogens with zero attached hydrogens (tertiary/aromatic N) is 2. The molecule has 0 aliphatic rings. The Kier molecular flexibility index (Phi) is 11.9. The Hall–Kier alpha value is -3.95. The third-order valence-electron chi connectivity index (χ3n) is 5.96. The van der Waals surface area contributed by atoms with Gasteiger partial charge in [-0.1, -0.05) is 23.7 Å². The molecule has 15 heteroatoms. The van der Waals surface area contributed by atoms with Crippen molar-refractivity contribution in [1.29, 1.82) is 0 Å². The number of halogens is 3. The zero-order chi connectivity index (χ0) is 30.8. The second-order valence-electron chi connectivity index (χ2n) is 9.18. The fourth-order valence-electron chi connectivity index (χ4n) is 3.84. The van der Waals surface area contributed by atoms with Crippen LogP contribution in [0.25, 0.3) is 10.8 Å². The maximum atomic E-state index is 13.9. The number of fused-ring (bicyclic) bond motifs is 1. The molecule has 42 heavy (non-hydrogen) atoms. The van der Waals surface area contributed by atoms with Crippen molar-refractivity contribution in [2.75, 3.05) is 25.1 Å². The number of hydrogen-bond donors (Lipinski definition) is 5. The van der Waals surface area contributed by atoms with Gasteiger partial charge in [0.1, 0.15) is 36.7 Å². The Balaban J connectivity index is 1.72. The average Bonchev–Trinajstić information content (AvgIpc) is 2.95. The first-order valence-electron chi connectivity index (χ1n) is 12.6. The molecule has 0 saturated carbocycles. The predicted octanol–water partition coefficient (Wildman–Crippen LogP) is 2.25. The summed E-state index contributed by atoms with van der Waals surface area (Å²) >= 11 is 6.01. The molecule has 0 aliphatic heterocycles. The second kappa shape index (κ2) is 15.3. The first-order valence-corrected chi connectivity index (χ1v) is 13.0. The van der Waals surface area contributed by atoms with Crippen LogP contribution in [0.1, 0.15) is 18.9 Å². The van der Waals surface area contributed by atoms with Crippen molar-refractivity contribution < 1.29 is 42.9 Å². The van der Waals surface area contributed by atoms with Crippen molar-refractivity contribution >= 4 is 46.2 Å². The van der Waals surface area contributed by atoms with Gasteiger partial charge in [0.15, 0.2) is 0 Å². The fraction of sp³-hybridized carbons (Fsp3) is 0.333. The number of rotatable bonds is 13. The summed E-state index contributed by atoms with van der Waals surface area (Å²) in [7, 11) is 0. The highest BCUT2D eigenvalue weighted by molar-refractivity contribution is 6.31. The highest BCUT2D eigenvalue weighted by atomic mass is 35.5. The molecule has 1 unspecified atom stereocenters. The Morgan fingerprint density at radius 1 is 1.12 bits per heavy atom. The quantitative estimate of drug-likeness (QED) is 0.143. The van der Waals surface area contributed by atoms with Gasteiger partial charge in [0.2, 0.25) is 5.91 Å². The van der Waals surface area contributed by atoms with E-state index in [1.165, 1.54) is 55.6 Å². The molecule has 1 aromatic heterocycles. The average molecular weight is 610 g/mol. The summed E-state index contributed by atoms with van der Waals surface area (Å²) in [5, 5.41) is 24.0. The van der Waals surface area contributed by atoms with E-state index >= 15 is 0 Å². The summed E-state index contributed by atoms with van der Waals surface area (Å²) in [6.07, 6.45) is -1.14. The number of carbonyl (C=O) groups excluding carboxylic acids is 3. The molecule has 0 bridgehead atoms. The number of nitrogens with one attached hydrogen (secondary N) is 2. The van der Waals surface area contributed by atoms with Crippen LogP contribution in [0.15, 0.2) is 48.7 Å². The number of hydrazine groups is 1. The number of carbonyl (C=O) groups is 3. The molecular formula is C27H30ClF2N5O7. The standard InChI is InChI=1S/C27H30ClF2N5O7/c1-15(37)35(33-11-17-3-2-4-22(30)25(17)28)20(9-21(38)14-41-26(39)23(31)12-36)13-42-27(40)34-24-8-18-7-19(29)6-5-16(18)10-32-24/h2-8,10,20-21,23,33,36,38H,9,11-14,31H2,1H3,(H,32,34,40)/t20-,21?,23-/m0/s1. The third kappa shape index (κ3) is 9.29. The van der Waals surface area contributed by atoms with Crippen LogP contribution in [0.2, 0.25) is 5.02 Å². The number of esters is 1. The van der Waals surface area contributed by atoms with Crippen LogP contribution >= 0.6 is 11.6 Å². The van der Waals surface area contributed by atoms with Crippen LogP contribution in [0, 0.1) is 11.6 Å². The van der Waals surface area contributed by atoms with Gasteiger partial charge in [0, 0.05) is 31.5 Å². The summed E-state index contributed by atoms with van der Waals surface area (Å²) in [5.74, 6) is -2.56. The summed E-state index contributed by atoms with van der Waals surface area (Å²) in [6, 6.07) is 7.34. The lowest BCUT2D eigenvalue weighted by Gasteiger charge is -2.32. The van der Waals surface area contributed by atoms with Gasteiger partial charge in [-0.15, -0.1) is 0 Å². The largest absolute Gasteiger partial charge is 0.462 e. The number of aliphatic hydroxyl groups excluding tert-OH is 2. The molecule has 2 amide bonds. The highest BCUT2D eigenvalue weighted by Crippen LogP contribution is 2.21. The van der Waals surface area contributed by atoms with E-state index in [-0.39, 0.29) is 23.8 Å². The molecule has 3 rings (SSSR count). The number of pyridine rings is 1. The van der Waals surface area contributed by atoms with Crippen molar-refractivity contribution in [2.45, 2.75) is 38.1 Å². The Labute approximate surface area is 244 Å². The van der Waals surface area contributed by atoms with E-state index < -0.39 is 67.6 Å². The Morgan fingerprint density at radius 3 is 2.60 bits per heavy atom. The molecule has 12 nitrogen and oxygen atoms in total. The van der Waals surface area contributed by atoms with E-state index in [1.54, 1.807) is 0 Å². The summed E-state index contributed by atoms with van der Waals surface area (Å²) < 4.78 is 37.7. The van der Waals surface area contributed by atoms with E-state index in [4.69, 9.17) is 31.9 Å². The van der Waals surface area contributed by atoms with Gasteiger partial charge in [-0.05, 0) is 41.3 Å². The molecule has 3 aromatic rings. The van der Waals surface area contributed by atoms with Crippen LogP contribution in [0.5, 0.6) is 0 Å². The minimum absolute atomic E-state index is 0.0733. The van der Waals surface area contributed by atoms with Crippen molar-refractivity contribution in [2.24, 2.45) is 5.73 Å². The SMILES string of the molecule is CC(=O)N(NCc1cccc(F)c1Cl)[C@H](COC(=O)Nc1cc2cc(F)ccc2cn1)CC(O)COC(=O)[C@@H](N)CO. The van der Waals surface area contributed by atoms with E-state index in [1.807, 2.05) is 0 Å². The molecule has 1 heterocycles. The summed E-state index contributed by atoms with van der Waals surface area (Å²) in [5.41, 5.74) is 8.52. The summed E-state index contributed by atoms with van der Waals surface area (Å²) in [4.78, 5) is 41.0. The first-order chi connectivity index (χ1) is 20.0. The molecule has 0 spiro atoms. The molecular weight excluding hydrogens is 580 g/mol.